The number of thiophene rings is 1. The van der Waals surface area contributed by atoms with Gasteiger partial charge in [-0.05, 0) is 23.8 Å². The molecule has 0 saturated carbocycles. The molecule has 15 heavy (non-hydrogen) atoms. The fourth-order valence-corrected chi connectivity index (χ4v) is 1.88. The van der Waals surface area contributed by atoms with Gasteiger partial charge in [-0.25, -0.2) is 0 Å². The molecule has 0 fully saturated rings. The molecule has 0 aromatic carbocycles. The molecule has 3 nitrogen and oxygen atoms in total. The van der Waals surface area contributed by atoms with Crippen LogP contribution < -0.4 is 5.32 Å². The predicted octanol–water partition coefficient (Wildman–Crippen LogP) is 2.42. The number of nitrogens with zero attached hydrogens (tertiary/aromatic N) is 1. The maximum atomic E-state index is 11.6. The van der Waals surface area contributed by atoms with Crippen LogP contribution in [-0.4, -0.2) is 11.9 Å². The first-order chi connectivity index (χ1) is 7.13. The zero-order valence-electron chi connectivity index (χ0n) is 8.86. The van der Waals surface area contributed by atoms with Crippen molar-refractivity contribution >= 4 is 17.2 Å². The van der Waals surface area contributed by atoms with Crippen molar-refractivity contribution in [2.75, 3.05) is 0 Å². The van der Waals surface area contributed by atoms with Gasteiger partial charge in [-0.2, -0.15) is 5.26 Å². The Hall–Kier alpha value is -1.34. The van der Waals surface area contributed by atoms with Crippen LogP contribution >= 0.6 is 11.3 Å². The van der Waals surface area contributed by atoms with Crippen LogP contribution in [0.1, 0.15) is 29.9 Å². The second-order valence-corrected chi connectivity index (χ2v) is 4.71. The van der Waals surface area contributed by atoms with Crippen molar-refractivity contribution in [1.29, 1.82) is 5.26 Å². The second-order valence-electron chi connectivity index (χ2n) is 3.76. The Morgan fingerprint density at radius 1 is 1.67 bits per heavy atom. The first-order valence-corrected chi connectivity index (χ1v) is 5.75. The predicted molar refractivity (Wildman–Crippen MR) is 60.6 cm³/mol. The summed E-state index contributed by atoms with van der Waals surface area (Å²) in [5.41, 5.74) is 0. The van der Waals surface area contributed by atoms with Gasteiger partial charge in [-0.3, -0.25) is 4.79 Å². The normalized spacial score (nSPS) is 12.1. The van der Waals surface area contributed by atoms with Crippen LogP contribution in [0.5, 0.6) is 0 Å². The number of hydrogen-bond donors (Lipinski definition) is 1. The Morgan fingerprint density at radius 3 is 2.87 bits per heavy atom. The summed E-state index contributed by atoms with van der Waals surface area (Å²) in [4.78, 5) is 12.3. The van der Waals surface area contributed by atoms with Gasteiger partial charge in [0.15, 0.2) is 0 Å². The van der Waals surface area contributed by atoms with E-state index in [2.05, 4.69) is 11.4 Å². The average Bonchev–Trinajstić information content (AvgIpc) is 2.68. The summed E-state index contributed by atoms with van der Waals surface area (Å²) in [5, 5.41) is 13.4. The number of carbonyl (C=O) groups is 1. The van der Waals surface area contributed by atoms with E-state index in [4.69, 9.17) is 5.26 Å². The minimum atomic E-state index is -0.389. The van der Waals surface area contributed by atoms with E-state index in [0.717, 1.165) is 0 Å². The van der Waals surface area contributed by atoms with E-state index < -0.39 is 0 Å². The molecule has 1 aromatic rings. The van der Waals surface area contributed by atoms with Gasteiger partial charge in [-0.15, -0.1) is 11.3 Å². The molecule has 80 valence electrons. The van der Waals surface area contributed by atoms with Crippen molar-refractivity contribution in [3.8, 4) is 6.07 Å². The highest BCUT2D eigenvalue weighted by molar-refractivity contribution is 7.12. The van der Waals surface area contributed by atoms with E-state index in [9.17, 15) is 4.79 Å². The molecule has 0 aliphatic heterocycles. The lowest BCUT2D eigenvalue weighted by Gasteiger charge is -2.12. The minimum absolute atomic E-state index is 0.155. The Kier molecular flexibility index (Phi) is 4.32. The third-order valence-corrected chi connectivity index (χ3v) is 2.78. The van der Waals surface area contributed by atoms with Gasteiger partial charge < -0.3 is 5.32 Å². The van der Waals surface area contributed by atoms with Crippen molar-refractivity contribution < 1.29 is 4.79 Å². The van der Waals surface area contributed by atoms with E-state index in [-0.39, 0.29) is 11.9 Å². The largest absolute Gasteiger partial charge is 0.336 e. The number of hydrogen-bond acceptors (Lipinski definition) is 3. The van der Waals surface area contributed by atoms with Crippen molar-refractivity contribution in [2.45, 2.75) is 26.3 Å². The van der Waals surface area contributed by atoms with Crippen LogP contribution in [0.3, 0.4) is 0 Å². The molecule has 1 aromatic heterocycles. The number of amides is 1. The van der Waals surface area contributed by atoms with E-state index >= 15 is 0 Å². The third-order valence-electron chi connectivity index (χ3n) is 1.91. The van der Waals surface area contributed by atoms with Crippen molar-refractivity contribution in [3.63, 3.8) is 0 Å². The maximum Gasteiger partial charge on any atom is 0.262 e. The van der Waals surface area contributed by atoms with Gasteiger partial charge >= 0.3 is 0 Å². The lowest BCUT2D eigenvalue weighted by molar-refractivity contribution is 0.0946. The fourth-order valence-electron chi connectivity index (χ4n) is 1.25. The smallest absolute Gasteiger partial charge is 0.262 e. The number of nitriles is 1. The first-order valence-electron chi connectivity index (χ1n) is 4.87. The van der Waals surface area contributed by atoms with Gasteiger partial charge in [0, 0.05) is 0 Å². The van der Waals surface area contributed by atoms with Crippen LogP contribution in [0.15, 0.2) is 17.5 Å². The van der Waals surface area contributed by atoms with Gasteiger partial charge in [0.25, 0.3) is 5.91 Å². The topological polar surface area (TPSA) is 52.9 Å². The second kappa shape index (κ2) is 5.52. The van der Waals surface area contributed by atoms with E-state index in [1.165, 1.54) is 11.3 Å². The summed E-state index contributed by atoms with van der Waals surface area (Å²) >= 11 is 1.38. The van der Waals surface area contributed by atoms with Crippen LogP contribution in [0.25, 0.3) is 0 Å². The summed E-state index contributed by atoms with van der Waals surface area (Å²) in [6, 6.07) is 5.29. The summed E-state index contributed by atoms with van der Waals surface area (Å²) in [6.45, 7) is 4.06. The molecule has 4 heteroatoms. The Morgan fingerprint density at radius 2 is 2.40 bits per heavy atom. The lowest BCUT2D eigenvalue weighted by atomic mass is 10.1. The van der Waals surface area contributed by atoms with E-state index in [0.29, 0.717) is 17.2 Å². The fraction of sp³-hybridized carbons (Fsp3) is 0.455. The summed E-state index contributed by atoms with van der Waals surface area (Å²) in [6.07, 6.45) is 0.688. The van der Waals surface area contributed by atoms with Crippen LogP contribution in [0, 0.1) is 17.2 Å². The van der Waals surface area contributed by atoms with Crippen LogP contribution in [0.2, 0.25) is 0 Å². The highest BCUT2D eigenvalue weighted by Gasteiger charge is 2.14. The lowest BCUT2D eigenvalue weighted by Crippen LogP contribution is -2.34. The molecule has 0 spiro atoms. The molecule has 1 rings (SSSR count). The molecular formula is C11H14N2OS. The molecule has 1 unspecified atom stereocenters. The van der Waals surface area contributed by atoms with Crippen molar-refractivity contribution in [2.24, 2.45) is 5.92 Å². The van der Waals surface area contributed by atoms with E-state index in [1.807, 2.05) is 25.3 Å². The van der Waals surface area contributed by atoms with Gasteiger partial charge in [-0.1, -0.05) is 19.9 Å². The standard InChI is InChI=1S/C11H14N2OS/c1-8(2)6-9(7-12)13-11(14)10-4-3-5-15-10/h3-5,8-9H,6H2,1-2H3,(H,13,14). The monoisotopic (exact) mass is 222 g/mol. The molecule has 0 aliphatic rings. The zero-order chi connectivity index (χ0) is 11.3. The van der Waals surface area contributed by atoms with Gasteiger partial charge in [0.05, 0.1) is 10.9 Å². The molecule has 0 radical (unpaired) electrons. The molecule has 1 atom stereocenters. The van der Waals surface area contributed by atoms with E-state index in [1.54, 1.807) is 6.07 Å². The Labute approximate surface area is 93.7 Å². The highest BCUT2D eigenvalue weighted by Crippen LogP contribution is 2.10. The zero-order valence-corrected chi connectivity index (χ0v) is 9.67. The molecule has 0 saturated heterocycles. The van der Waals surface area contributed by atoms with Gasteiger partial charge in [0.1, 0.15) is 6.04 Å². The molecule has 0 bridgehead atoms. The number of nitrogens with one attached hydrogen (secondary N) is 1. The molecule has 1 N–H and O–H groups in total. The van der Waals surface area contributed by atoms with Crippen LogP contribution in [-0.2, 0) is 0 Å². The van der Waals surface area contributed by atoms with Gasteiger partial charge in [0.2, 0.25) is 0 Å². The Balaban J connectivity index is 2.53. The van der Waals surface area contributed by atoms with Crippen molar-refractivity contribution in [3.05, 3.63) is 22.4 Å². The number of carbonyl (C=O) groups excluding carboxylic acids is 1. The highest BCUT2D eigenvalue weighted by atomic mass is 32.1. The average molecular weight is 222 g/mol. The molecular weight excluding hydrogens is 208 g/mol. The summed E-state index contributed by atoms with van der Waals surface area (Å²) < 4.78 is 0. The minimum Gasteiger partial charge on any atom is -0.336 e. The SMILES string of the molecule is CC(C)CC(C#N)NC(=O)c1cccs1. The number of rotatable bonds is 4. The molecule has 0 aliphatic carbocycles. The maximum absolute atomic E-state index is 11.6. The molecule has 1 heterocycles. The van der Waals surface area contributed by atoms with Crippen LogP contribution in [0.4, 0.5) is 0 Å². The summed E-state index contributed by atoms with van der Waals surface area (Å²) in [5.74, 6) is 0.246. The third kappa shape index (κ3) is 3.72. The quantitative estimate of drug-likeness (QED) is 0.850. The molecule has 1 amide bonds. The first kappa shape index (κ1) is 11.7. The Bertz CT molecular complexity index is 351. The summed E-state index contributed by atoms with van der Waals surface area (Å²) in [7, 11) is 0. The van der Waals surface area contributed by atoms with Crippen molar-refractivity contribution in [1.82, 2.24) is 5.32 Å².